The van der Waals surface area contributed by atoms with Crippen LogP contribution in [0.2, 0.25) is 5.02 Å². The Morgan fingerprint density at radius 3 is 2.44 bits per heavy atom. The van der Waals surface area contributed by atoms with Gasteiger partial charge in [-0.1, -0.05) is 31.5 Å². The van der Waals surface area contributed by atoms with Crippen molar-refractivity contribution in [2.45, 2.75) is 31.1 Å². The highest BCUT2D eigenvalue weighted by atomic mass is 35.5. The lowest BCUT2D eigenvalue weighted by Crippen LogP contribution is -2.25. The van der Waals surface area contributed by atoms with E-state index in [1.807, 2.05) is 22.8 Å². The molecule has 3 unspecified atom stereocenters. The van der Waals surface area contributed by atoms with Gasteiger partial charge < -0.3 is 18.9 Å². The number of aromatic nitrogens is 5. The molecule has 0 radical (unpaired) electrons. The zero-order valence-electron chi connectivity index (χ0n) is 19.4. The summed E-state index contributed by atoms with van der Waals surface area (Å²) in [7, 11) is 3.22. The molecule has 1 aliphatic rings. The summed E-state index contributed by atoms with van der Waals surface area (Å²) in [6.07, 6.45) is 2.83. The fourth-order valence-electron chi connectivity index (χ4n) is 3.50. The van der Waals surface area contributed by atoms with E-state index in [0.29, 0.717) is 59.6 Å². The highest BCUT2D eigenvalue weighted by molar-refractivity contribution is 8.01. The molecule has 1 aromatic carbocycles. The number of hydrogen-bond donors (Lipinski definition) is 1. The summed E-state index contributed by atoms with van der Waals surface area (Å²) in [5, 5.41) is 9.47. The lowest BCUT2D eigenvalue weighted by Gasteiger charge is -2.24. The Kier molecular flexibility index (Phi) is 8.09. The molecule has 34 heavy (non-hydrogen) atoms. The van der Waals surface area contributed by atoms with Crippen LogP contribution in [-0.2, 0) is 9.47 Å². The van der Waals surface area contributed by atoms with Crippen LogP contribution in [0.5, 0.6) is 11.5 Å². The largest absolute Gasteiger partial charge is 0.494 e. The maximum atomic E-state index is 5.93. The van der Waals surface area contributed by atoms with Crippen LogP contribution in [0, 0.1) is 0 Å². The third-order valence-electron chi connectivity index (χ3n) is 5.51. The van der Waals surface area contributed by atoms with Gasteiger partial charge in [0.1, 0.15) is 29.1 Å². The zero-order chi connectivity index (χ0) is 24.1. The molecular weight excluding hydrogens is 480 g/mol. The van der Waals surface area contributed by atoms with Gasteiger partial charge in [-0.15, -0.1) is 10.2 Å². The summed E-state index contributed by atoms with van der Waals surface area (Å²) in [5.41, 5.74) is 0.673. The number of anilines is 1. The lowest BCUT2D eigenvalue weighted by molar-refractivity contribution is -0.0941. The number of methoxy groups -OCH3 is 2. The quantitative estimate of drug-likeness (QED) is 0.427. The van der Waals surface area contributed by atoms with E-state index < -0.39 is 0 Å². The van der Waals surface area contributed by atoms with E-state index in [4.69, 9.17) is 30.5 Å². The average molecular weight is 507 g/mol. The Bertz CT molecular complexity index is 1070. The summed E-state index contributed by atoms with van der Waals surface area (Å²) in [6.45, 7) is 5.56. The van der Waals surface area contributed by atoms with Gasteiger partial charge in [-0.3, -0.25) is 9.29 Å². The molecule has 3 aromatic rings. The second-order valence-corrected chi connectivity index (χ2v) is 9.26. The van der Waals surface area contributed by atoms with Crippen molar-refractivity contribution in [3.05, 3.63) is 47.3 Å². The van der Waals surface area contributed by atoms with Crippen LogP contribution in [-0.4, -0.2) is 64.0 Å². The molecule has 3 atom stereocenters. The molecule has 12 heteroatoms. The van der Waals surface area contributed by atoms with E-state index >= 15 is 0 Å². The first kappa shape index (κ1) is 24.5. The highest BCUT2D eigenvalue weighted by Crippen LogP contribution is 2.38. The Balaban J connectivity index is 1.65. The van der Waals surface area contributed by atoms with Gasteiger partial charge in [0, 0.05) is 23.6 Å². The van der Waals surface area contributed by atoms with E-state index in [9.17, 15) is 0 Å². The molecule has 0 bridgehead atoms. The molecule has 0 spiro atoms. The summed E-state index contributed by atoms with van der Waals surface area (Å²) in [4.78, 5) is 8.70. The van der Waals surface area contributed by atoms with Crippen molar-refractivity contribution in [1.82, 2.24) is 24.7 Å². The predicted molar refractivity (Wildman–Crippen MR) is 130 cm³/mol. The van der Waals surface area contributed by atoms with Crippen molar-refractivity contribution in [2.24, 2.45) is 0 Å². The van der Waals surface area contributed by atoms with Gasteiger partial charge in [0.05, 0.1) is 39.1 Å². The molecule has 3 heterocycles. The Morgan fingerprint density at radius 1 is 1.12 bits per heavy atom. The van der Waals surface area contributed by atoms with Crippen LogP contribution >= 0.6 is 23.5 Å². The molecule has 1 saturated heterocycles. The average Bonchev–Trinajstić information content (AvgIpc) is 3.30. The number of nitrogens with one attached hydrogen (secondary N) is 1. The van der Waals surface area contributed by atoms with Crippen molar-refractivity contribution >= 4 is 29.5 Å². The van der Waals surface area contributed by atoms with Gasteiger partial charge >= 0.3 is 0 Å². The first-order valence-corrected chi connectivity index (χ1v) is 12.0. The zero-order valence-corrected chi connectivity index (χ0v) is 21.0. The topological polar surface area (TPSA) is 105 Å². The van der Waals surface area contributed by atoms with Crippen LogP contribution in [0.1, 0.15) is 37.5 Å². The van der Waals surface area contributed by atoms with Gasteiger partial charge in [0.2, 0.25) is 5.95 Å². The Morgan fingerprint density at radius 2 is 1.82 bits per heavy atom. The summed E-state index contributed by atoms with van der Waals surface area (Å²) in [5.74, 6) is 3.09. The fraction of sp³-hybridized carbons (Fsp3) is 0.455. The van der Waals surface area contributed by atoms with Crippen molar-refractivity contribution in [3.63, 3.8) is 0 Å². The fourth-order valence-corrected chi connectivity index (χ4v) is 4.34. The van der Waals surface area contributed by atoms with Crippen molar-refractivity contribution in [2.75, 3.05) is 38.8 Å². The summed E-state index contributed by atoms with van der Waals surface area (Å²) >= 11 is 7.42. The minimum atomic E-state index is -0.379. The summed E-state index contributed by atoms with van der Waals surface area (Å²) in [6, 6.07) is 5.59. The molecule has 2 aromatic heterocycles. The van der Waals surface area contributed by atoms with Gasteiger partial charge in [-0.05, 0) is 24.1 Å². The van der Waals surface area contributed by atoms with E-state index in [0.717, 1.165) is 0 Å². The molecule has 0 aliphatic carbocycles. The van der Waals surface area contributed by atoms with Gasteiger partial charge in [-0.2, -0.15) is 0 Å². The first-order valence-electron chi connectivity index (χ1n) is 10.8. The third kappa shape index (κ3) is 5.22. The van der Waals surface area contributed by atoms with Crippen LogP contribution in [0.25, 0.3) is 5.69 Å². The Labute approximate surface area is 207 Å². The molecule has 1 N–H and O–H groups in total. The number of nitrogens with zero attached hydrogens (tertiary/aromatic N) is 5. The van der Waals surface area contributed by atoms with Crippen LogP contribution in [0.15, 0.2) is 30.6 Å². The lowest BCUT2D eigenvalue weighted by atomic mass is 10.1. The number of hydrogen-bond acceptors (Lipinski definition) is 10. The van der Waals surface area contributed by atoms with Crippen molar-refractivity contribution < 1.29 is 18.9 Å². The second-order valence-electron chi connectivity index (χ2n) is 7.64. The standard InChI is InChI=1S/C22H27ClN6O4S/c1-13(20-24-10-15(23)11-25-20)14(2)34-28-22-27-26-21(18-12-32-8-9-33-18)29(22)19-16(30-3)6-5-7-17(19)31-4/h5-7,10-11,13-14,18H,8-9,12H2,1-4H3,(H,27,28). The van der Waals surface area contributed by atoms with Crippen LogP contribution in [0.3, 0.4) is 0 Å². The molecule has 10 nitrogen and oxygen atoms in total. The maximum absolute atomic E-state index is 5.93. The molecule has 0 amide bonds. The Hall–Kier alpha value is -2.60. The van der Waals surface area contributed by atoms with Crippen molar-refractivity contribution in [3.8, 4) is 17.2 Å². The monoisotopic (exact) mass is 506 g/mol. The van der Waals surface area contributed by atoms with Gasteiger partial charge in [0.15, 0.2) is 5.82 Å². The number of para-hydroxylation sites is 1. The SMILES string of the molecule is COc1cccc(OC)c1-n1c(NSC(C)C(C)c2ncc(Cl)cn2)nnc1C1COCCO1. The minimum Gasteiger partial charge on any atom is -0.494 e. The van der Waals surface area contributed by atoms with E-state index in [2.05, 4.69) is 38.7 Å². The number of rotatable bonds is 9. The van der Waals surface area contributed by atoms with E-state index in [-0.39, 0.29) is 17.3 Å². The number of halogens is 1. The normalized spacial score (nSPS) is 17.7. The number of benzene rings is 1. The smallest absolute Gasteiger partial charge is 0.239 e. The van der Waals surface area contributed by atoms with Crippen LogP contribution in [0.4, 0.5) is 5.95 Å². The van der Waals surface area contributed by atoms with Gasteiger partial charge in [0.25, 0.3) is 0 Å². The maximum Gasteiger partial charge on any atom is 0.239 e. The molecule has 0 saturated carbocycles. The van der Waals surface area contributed by atoms with Crippen LogP contribution < -0.4 is 14.2 Å². The molecule has 1 aliphatic heterocycles. The van der Waals surface area contributed by atoms with Gasteiger partial charge in [-0.25, -0.2) is 9.97 Å². The van der Waals surface area contributed by atoms with Crippen molar-refractivity contribution in [1.29, 1.82) is 0 Å². The molecule has 1 fully saturated rings. The van der Waals surface area contributed by atoms with E-state index in [1.165, 1.54) is 11.9 Å². The highest BCUT2D eigenvalue weighted by Gasteiger charge is 2.29. The molecule has 4 rings (SSSR count). The number of ether oxygens (including phenoxy) is 4. The second kappa shape index (κ2) is 11.2. The first-order chi connectivity index (χ1) is 16.5. The predicted octanol–water partition coefficient (Wildman–Crippen LogP) is 4.07. The molecular formula is C22H27ClN6O4S. The third-order valence-corrected chi connectivity index (χ3v) is 6.78. The molecule has 182 valence electrons. The van der Waals surface area contributed by atoms with E-state index in [1.54, 1.807) is 26.6 Å². The minimum absolute atomic E-state index is 0.0569. The summed E-state index contributed by atoms with van der Waals surface area (Å²) < 4.78 is 28.1.